The van der Waals surface area contributed by atoms with Crippen LogP contribution in [0.1, 0.15) is 38.7 Å². The molecule has 0 unspecified atom stereocenters. The van der Waals surface area contributed by atoms with Gasteiger partial charge in [-0.25, -0.2) is 0 Å². The topological polar surface area (TPSA) is 56.7 Å². The van der Waals surface area contributed by atoms with Gasteiger partial charge in [-0.15, -0.1) is 24.0 Å². The van der Waals surface area contributed by atoms with Crippen molar-refractivity contribution in [3.63, 3.8) is 0 Å². The van der Waals surface area contributed by atoms with E-state index in [1.165, 1.54) is 5.56 Å². The molecule has 1 aromatic carbocycles. The maximum atomic E-state index is 11.6. The molecule has 1 aliphatic rings. The number of benzene rings is 1. The van der Waals surface area contributed by atoms with E-state index in [-0.39, 0.29) is 35.3 Å². The predicted molar refractivity (Wildman–Crippen MR) is 124 cm³/mol. The number of nitrogens with one attached hydrogen (secondary N) is 2. The maximum absolute atomic E-state index is 11.6. The summed E-state index contributed by atoms with van der Waals surface area (Å²) in [6, 6.07) is 8.03. The molecular formula is C20H32ClIN4O. The van der Waals surface area contributed by atoms with Gasteiger partial charge in [0.1, 0.15) is 0 Å². The lowest BCUT2D eigenvalue weighted by Crippen LogP contribution is -2.48. The SMILES string of the molecule is CN=C(NCC(C)(C)c1cccc(Cl)c1)N1CCC(CC(=O)NC)CC1.I. The number of aliphatic imine (C=N–C) groups is 1. The van der Waals surface area contributed by atoms with E-state index in [1.54, 1.807) is 7.05 Å². The maximum Gasteiger partial charge on any atom is 0.220 e. The fraction of sp³-hybridized carbons (Fsp3) is 0.600. The molecular weight excluding hydrogens is 475 g/mol. The average Bonchev–Trinajstić information content (AvgIpc) is 2.63. The summed E-state index contributed by atoms with van der Waals surface area (Å²) in [4.78, 5) is 18.3. The number of carbonyl (C=O) groups is 1. The van der Waals surface area contributed by atoms with E-state index >= 15 is 0 Å². The third-order valence-corrected chi connectivity index (χ3v) is 5.41. The fourth-order valence-electron chi connectivity index (χ4n) is 3.36. The Hall–Kier alpha value is -1.02. The van der Waals surface area contributed by atoms with Crippen molar-refractivity contribution in [2.75, 3.05) is 33.7 Å². The number of halogens is 2. The predicted octanol–water partition coefficient (Wildman–Crippen LogP) is 3.66. The molecule has 1 heterocycles. The molecule has 0 atom stereocenters. The highest BCUT2D eigenvalue weighted by Crippen LogP contribution is 2.25. The summed E-state index contributed by atoms with van der Waals surface area (Å²) >= 11 is 6.14. The molecule has 0 saturated carbocycles. The second-order valence-electron chi connectivity index (χ2n) is 7.60. The molecule has 0 radical (unpaired) electrons. The Bertz CT molecular complexity index is 643. The molecule has 1 aromatic rings. The van der Waals surface area contributed by atoms with Crippen molar-refractivity contribution in [3.05, 3.63) is 34.9 Å². The molecule has 5 nitrogen and oxygen atoms in total. The van der Waals surface area contributed by atoms with Crippen LogP contribution in [0.5, 0.6) is 0 Å². The zero-order valence-electron chi connectivity index (χ0n) is 16.7. The number of hydrogen-bond donors (Lipinski definition) is 2. The second kappa shape index (κ2) is 11.1. The minimum Gasteiger partial charge on any atom is -0.359 e. The summed E-state index contributed by atoms with van der Waals surface area (Å²) in [5, 5.41) is 7.00. The van der Waals surface area contributed by atoms with Crippen molar-refractivity contribution >= 4 is 47.4 Å². The molecule has 1 saturated heterocycles. The number of guanidine groups is 1. The van der Waals surface area contributed by atoms with Crippen LogP contribution < -0.4 is 10.6 Å². The third kappa shape index (κ3) is 7.14. The molecule has 0 bridgehead atoms. The number of hydrogen-bond acceptors (Lipinski definition) is 2. The lowest BCUT2D eigenvalue weighted by molar-refractivity contribution is -0.121. The van der Waals surface area contributed by atoms with Crippen LogP contribution >= 0.6 is 35.6 Å². The molecule has 27 heavy (non-hydrogen) atoms. The highest BCUT2D eigenvalue weighted by atomic mass is 127. The minimum atomic E-state index is -0.0572. The molecule has 2 N–H and O–H groups in total. The third-order valence-electron chi connectivity index (χ3n) is 5.17. The van der Waals surface area contributed by atoms with E-state index in [0.717, 1.165) is 43.5 Å². The van der Waals surface area contributed by atoms with Crippen LogP contribution in [0.3, 0.4) is 0 Å². The van der Waals surface area contributed by atoms with E-state index in [2.05, 4.69) is 40.4 Å². The van der Waals surface area contributed by atoms with Crippen LogP contribution in [0.15, 0.2) is 29.3 Å². The molecule has 7 heteroatoms. The van der Waals surface area contributed by atoms with Gasteiger partial charge in [-0.2, -0.15) is 0 Å². The highest BCUT2D eigenvalue weighted by molar-refractivity contribution is 14.0. The van der Waals surface area contributed by atoms with Gasteiger partial charge >= 0.3 is 0 Å². The number of amides is 1. The first-order chi connectivity index (χ1) is 12.4. The van der Waals surface area contributed by atoms with Crippen LogP contribution in [0.4, 0.5) is 0 Å². The van der Waals surface area contributed by atoms with Gasteiger partial charge in [-0.05, 0) is 36.5 Å². The van der Waals surface area contributed by atoms with Crippen molar-refractivity contribution in [3.8, 4) is 0 Å². The van der Waals surface area contributed by atoms with Crippen LogP contribution in [-0.4, -0.2) is 50.5 Å². The largest absolute Gasteiger partial charge is 0.359 e. The molecule has 0 spiro atoms. The summed E-state index contributed by atoms with van der Waals surface area (Å²) < 4.78 is 0. The Labute approximate surface area is 185 Å². The molecule has 152 valence electrons. The van der Waals surface area contributed by atoms with Gasteiger partial charge in [0.05, 0.1) is 0 Å². The number of piperidine rings is 1. The summed E-state index contributed by atoms with van der Waals surface area (Å²) in [7, 11) is 3.52. The van der Waals surface area contributed by atoms with Crippen LogP contribution in [0, 0.1) is 5.92 Å². The van der Waals surface area contributed by atoms with Crippen molar-refractivity contribution in [2.45, 2.75) is 38.5 Å². The van der Waals surface area contributed by atoms with Gasteiger partial charge in [-0.3, -0.25) is 9.79 Å². The van der Waals surface area contributed by atoms with Crippen molar-refractivity contribution in [2.24, 2.45) is 10.9 Å². The van der Waals surface area contributed by atoms with Gasteiger partial charge in [0.25, 0.3) is 0 Å². The number of rotatable bonds is 5. The van der Waals surface area contributed by atoms with Crippen LogP contribution in [0.25, 0.3) is 0 Å². The standard InChI is InChI=1S/C20H31ClN4O.HI/c1-20(2,16-6-5-7-17(21)13-16)14-24-19(23-4)25-10-8-15(9-11-25)12-18(26)22-3;/h5-7,13,15H,8-12,14H2,1-4H3,(H,22,26)(H,23,24);1H. The van der Waals surface area contributed by atoms with Gasteiger partial charge in [0.15, 0.2) is 5.96 Å². The molecule has 1 amide bonds. The van der Waals surface area contributed by atoms with Crippen molar-refractivity contribution < 1.29 is 4.79 Å². The molecule has 0 aliphatic carbocycles. The van der Waals surface area contributed by atoms with E-state index in [9.17, 15) is 4.79 Å². The van der Waals surface area contributed by atoms with Gasteiger partial charge in [0.2, 0.25) is 5.91 Å². The van der Waals surface area contributed by atoms with E-state index in [0.29, 0.717) is 12.3 Å². The lowest BCUT2D eigenvalue weighted by atomic mass is 9.84. The summed E-state index contributed by atoms with van der Waals surface area (Å²) in [5.41, 5.74) is 1.15. The van der Waals surface area contributed by atoms with Crippen molar-refractivity contribution in [1.29, 1.82) is 0 Å². The molecule has 2 rings (SSSR count). The summed E-state index contributed by atoms with van der Waals surface area (Å²) in [5.74, 6) is 1.53. The first-order valence-corrected chi connectivity index (χ1v) is 9.65. The Morgan fingerprint density at radius 1 is 1.33 bits per heavy atom. The first-order valence-electron chi connectivity index (χ1n) is 9.28. The van der Waals surface area contributed by atoms with Gasteiger partial charge in [0, 0.05) is 50.6 Å². The van der Waals surface area contributed by atoms with Gasteiger partial charge in [-0.1, -0.05) is 37.6 Å². The minimum absolute atomic E-state index is 0. The zero-order valence-corrected chi connectivity index (χ0v) is 19.8. The normalized spacial score (nSPS) is 15.9. The zero-order chi connectivity index (χ0) is 19.2. The van der Waals surface area contributed by atoms with Gasteiger partial charge < -0.3 is 15.5 Å². The van der Waals surface area contributed by atoms with Crippen molar-refractivity contribution in [1.82, 2.24) is 15.5 Å². The highest BCUT2D eigenvalue weighted by Gasteiger charge is 2.25. The monoisotopic (exact) mass is 506 g/mol. The number of carbonyl (C=O) groups excluding carboxylic acids is 1. The fourth-order valence-corrected chi connectivity index (χ4v) is 3.55. The summed E-state index contributed by atoms with van der Waals surface area (Å²) in [6.07, 6.45) is 2.66. The second-order valence-corrected chi connectivity index (χ2v) is 8.04. The average molecular weight is 507 g/mol. The van der Waals surface area contributed by atoms with Crippen LogP contribution in [0.2, 0.25) is 5.02 Å². The number of likely N-dealkylation sites (tertiary alicyclic amines) is 1. The molecule has 1 fully saturated rings. The van der Waals surface area contributed by atoms with Crippen LogP contribution in [-0.2, 0) is 10.2 Å². The number of nitrogens with zero attached hydrogens (tertiary/aromatic N) is 2. The Morgan fingerprint density at radius 3 is 2.56 bits per heavy atom. The summed E-state index contributed by atoms with van der Waals surface area (Å²) in [6.45, 7) is 7.04. The quantitative estimate of drug-likeness (QED) is 0.364. The van der Waals surface area contributed by atoms with E-state index in [4.69, 9.17) is 11.6 Å². The smallest absolute Gasteiger partial charge is 0.220 e. The van der Waals surface area contributed by atoms with E-state index < -0.39 is 0 Å². The lowest BCUT2D eigenvalue weighted by Gasteiger charge is -2.35. The molecule has 0 aromatic heterocycles. The van der Waals surface area contributed by atoms with E-state index in [1.807, 2.05) is 25.2 Å². The Kier molecular flexibility index (Phi) is 9.87. The Balaban J connectivity index is 0.00000364. The Morgan fingerprint density at radius 2 is 2.00 bits per heavy atom. The first kappa shape index (κ1) is 24.0. The molecule has 1 aliphatic heterocycles.